The Bertz CT molecular complexity index is 632. The number of benzene rings is 2. The van der Waals surface area contributed by atoms with E-state index in [1.54, 1.807) is 31.2 Å². The van der Waals surface area contributed by atoms with Gasteiger partial charge >= 0.3 is 11.9 Å². The summed E-state index contributed by atoms with van der Waals surface area (Å²) in [6, 6.07) is 16.4. The molecule has 1 unspecified atom stereocenters. The van der Waals surface area contributed by atoms with Gasteiger partial charge in [-0.3, -0.25) is 4.79 Å². The second-order valence-corrected chi connectivity index (χ2v) is 4.94. The molecular weight excluding hydrogens is 280 g/mol. The van der Waals surface area contributed by atoms with Crippen molar-refractivity contribution < 1.29 is 19.1 Å². The maximum atomic E-state index is 12.0. The minimum atomic E-state index is -0.379. The summed E-state index contributed by atoms with van der Waals surface area (Å²) in [6.07, 6.45) is -0.341. The van der Waals surface area contributed by atoms with Crippen molar-refractivity contribution in [2.24, 2.45) is 0 Å². The molecule has 0 radical (unpaired) electrons. The molecule has 0 spiro atoms. The zero-order chi connectivity index (χ0) is 15.9. The number of esters is 2. The third-order valence-corrected chi connectivity index (χ3v) is 3.17. The second kappa shape index (κ2) is 7.41. The van der Waals surface area contributed by atoms with Crippen LogP contribution in [-0.2, 0) is 20.9 Å². The van der Waals surface area contributed by atoms with Gasteiger partial charge in [0.1, 0.15) is 12.7 Å². The summed E-state index contributed by atoms with van der Waals surface area (Å²) < 4.78 is 10.3. The Balaban J connectivity index is 1.95. The highest BCUT2D eigenvalue weighted by Gasteiger charge is 2.11. The molecule has 0 heterocycles. The fourth-order valence-corrected chi connectivity index (χ4v) is 2.01. The molecule has 2 aromatic carbocycles. The van der Waals surface area contributed by atoms with Crippen molar-refractivity contribution in [2.45, 2.75) is 26.6 Å². The highest BCUT2D eigenvalue weighted by Crippen LogP contribution is 2.18. The van der Waals surface area contributed by atoms with E-state index in [1.165, 1.54) is 6.92 Å². The van der Waals surface area contributed by atoms with Gasteiger partial charge in [-0.25, -0.2) is 4.79 Å². The Labute approximate surface area is 129 Å². The van der Waals surface area contributed by atoms with E-state index in [-0.39, 0.29) is 24.6 Å². The minimum absolute atomic E-state index is 0.241. The average molecular weight is 298 g/mol. The van der Waals surface area contributed by atoms with E-state index < -0.39 is 0 Å². The third-order valence-electron chi connectivity index (χ3n) is 3.17. The first-order valence-corrected chi connectivity index (χ1v) is 7.04. The first-order valence-electron chi connectivity index (χ1n) is 7.04. The molecular formula is C18H18O4. The van der Waals surface area contributed by atoms with Crippen LogP contribution in [0.5, 0.6) is 0 Å². The zero-order valence-electron chi connectivity index (χ0n) is 12.6. The van der Waals surface area contributed by atoms with Crippen molar-refractivity contribution in [3.05, 3.63) is 71.3 Å². The molecule has 4 nitrogen and oxygen atoms in total. The highest BCUT2D eigenvalue weighted by atomic mass is 16.5. The summed E-state index contributed by atoms with van der Waals surface area (Å²) in [4.78, 5) is 22.9. The lowest BCUT2D eigenvalue weighted by Gasteiger charge is -2.12. The van der Waals surface area contributed by atoms with Crippen LogP contribution in [0.2, 0.25) is 0 Å². The number of ether oxygens (including phenoxy) is 2. The van der Waals surface area contributed by atoms with Gasteiger partial charge in [-0.05, 0) is 30.2 Å². The van der Waals surface area contributed by atoms with E-state index in [1.807, 2.05) is 30.3 Å². The lowest BCUT2D eigenvalue weighted by atomic mass is 10.1. The Hall–Kier alpha value is -2.62. The van der Waals surface area contributed by atoms with E-state index in [9.17, 15) is 9.59 Å². The summed E-state index contributed by atoms with van der Waals surface area (Å²) in [5, 5.41) is 0. The lowest BCUT2D eigenvalue weighted by Crippen LogP contribution is -2.07. The Morgan fingerprint density at radius 2 is 1.64 bits per heavy atom. The predicted molar refractivity (Wildman–Crippen MR) is 82.2 cm³/mol. The van der Waals surface area contributed by atoms with Crippen LogP contribution in [0.4, 0.5) is 0 Å². The maximum Gasteiger partial charge on any atom is 0.338 e. The third kappa shape index (κ3) is 4.45. The SMILES string of the molecule is CC(=O)OC(C)c1ccc(C(=O)OCc2ccccc2)cc1. The zero-order valence-corrected chi connectivity index (χ0v) is 12.6. The normalized spacial score (nSPS) is 11.5. The summed E-state index contributed by atoms with van der Waals surface area (Å²) in [6.45, 7) is 3.39. The van der Waals surface area contributed by atoms with Gasteiger partial charge in [0.15, 0.2) is 0 Å². The molecule has 0 aliphatic heterocycles. The van der Waals surface area contributed by atoms with Gasteiger partial charge < -0.3 is 9.47 Å². The summed E-state index contributed by atoms with van der Waals surface area (Å²) in [5.74, 6) is -0.714. The fourth-order valence-electron chi connectivity index (χ4n) is 2.01. The van der Waals surface area contributed by atoms with Crippen molar-refractivity contribution in [3.63, 3.8) is 0 Å². The first kappa shape index (κ1) is 15.8. The molecule has 2 rings (SSSR count). The van der Waals surface area contributed by atoms with E-state index >= 15 is 0 Å². The van der Waals surface area contributed by atoms with Crippen LogP contribution in [0.25, 0.3) is 0 Å². The van der Waals surface area contributed by atoms with Gasteiger partial charge in [-0.2, -0.15) is 0 Å². The Morgan fingerprint density at radius 3 is 2.23 bits per heavy atom. The number of hydrogen-bond acceptors (Lipinski definition) is 4. The minimum Gasteiger partial charge on any atom is -0.458 e. The molecule has 22 heavy (non-hydrogen) atoms. The van der Waals surface area contributed by atoms with Gasteiger partial charge in [0, 0.05) is 6.92 Å². The molecule has 114 valence electrons. The molecule has 0 N–H and O–H groups in total. The van der Waals surface area contributed by atoms with Crippen molar-refractivity contribution in [1.82, 2.24) is 0 Å². The molecule has 0 saturated carbocycles. The van der Waals surface area contributed by atoms with Gasteiger partial charge in [-0.1, -0.05) is 42.5 Å². The quantitative estimate of drug-likeness (QED) is 0.790. The van der Waals surface area contributed by atoms with Crippen molar-refractivity contribution in [3.8, 4) is 0 Å². The Kier molecular flexibility index (Phi) is 5.31. The largest absolute Gasteiger partial charge is 0.458 e. The highest BCUT2D eigenvalue weighted by molar-refractivity contribution is 5.89. The fraction of sp³-hybridized carbons (Fsp3) is 0.222. The number of hydrogen-bond donors (Lipinski definition) is 0. The van der Waals surface area contributed by atoms with Gasteiger partial charge in [0.25, 0.3) is 0 Å². The molecule has 0 fully saturated rings. The summed E-state index contributed by atoms with van der Waals surface area (Å²) in [7, 11) is 0. The van der Waals surface area contributed by atoms with Crippen LogP contribution in [0.3, 0.4) is 0 Å². The second-order valence-electron chi connectivity index (χ2n) is 4.94. The van der Waals surface area contributed by atoms with Crippen LogP contribution in [-0.4, -0.2) is 11.9 Å². The molecule has 4 heteroatoms. The molecule has 0 amide bonds. The van der Waals surface area contributed by atoms with E-state index in [4.69, 9.17) is 9.47 Å². The van der Waals surface area contributed by atoms with Gasteiger partial charge in [-0.15, -0.1) is 0 Å². The molecule has 1 atom stereocenters. The van der Waals surface area contributed by atoms with E-state index in [2.05, 4.69) is 0 Å². The van der Waals surface area contributed by atoms with Crippen LogP contribution in [0.1, 0.15) is 41.4 Å². The standard InChI is InChI=1S/C18H18O4/c1-13(22-14(2)19)16-8-10-17(11-9-16)18(20)21-12-15-6-4-3-5-7-15/h3-11,13H,12H2,1-2H3. The van der Waals surface area contributed by atoms with Crippen LogP contribution < -0.4 is 0 Å². The van der Waals surface area contributed by atoms with Gasteiger partial charge in [0.05, 0.1) is 5.56 Å². The molecule has 0 bridgehead atoms. The lowest BCUT2D eigenvalue weighted by molar-refractivity contribution is -0.145. The first-order chi connectivity index (χ1) is 10.6. The molecule has 0 aliphatic carbocycles. The average Bonchev–Trinajstić information content (AvgIpc) is 2.53. The Morgan fingerprint density at radius 1 is 1.00 bits per heavy atom. The smallest absolute Gasteiger partial charge is 0.338 e. The topological polar surface area (TPSA) is 52.6 Å². The number of carbonyl (C=O) groups excluding carboxylic acids is 2. The van der Waals surface area contributed by atoms with Crippen LogP contribution >= 0.6 is 0 Å². The molecule has 0 aliphatic rings. The van der Waals surface area contributed by atoms with Crippen molar-refractivity contribution in [2.75, 3.05) is 0 Å². The number of rotatable bonds is 5. The molecule has 2 aromatic rings. The monoisotopic (exact) mass is 298 g/mol. The maximum absolute atomic E-state index is 12.0. The number of carbonyl (C=O) groups is 2. The van der Waals surface area contributed by atoms with Crippen LogP contribution in [0, 0.1) is 0 Å². The predicted octanol–water partition coefficient (Wildman–Crippen LogP) is 3.67. The molecule has 0 saturated heterocycles. The molecule has 0 aromatic heterocycles. The van der Waals surface area contributed by atoms with E-state index in [0.717, 1.165) is 11.1 Å². The summed E-state index contributed by atoms with van der Waals surface area (Å²) in [5.41, 5.74) is 2.24. The summed E-state index contributed by atoms with van der Waals surface area (Å²) >= 11 is 0. The van der Waals surface area contributed by atoms with Crippen molar-refractivity contribution in [1.29, 1.82) is 0 Å². The van der Waals surface area contributed by atoms with E-state index in [0.29, 0.717) is 5.56 Å². The van der Waals surface area contributed by atoms with Crippen molar-refractivity contribution >= 4 is 11.9 Å². The van der Waals surface area contributed by atoms with Gasteiger partial charge in [0.2, 0.25) is 0 Å². The van der Waals surface area contributed by atoms with Crippen LogP contribution in [0.15, 0.2) is 54.6 Å².